The molecule has 8 heteroatoms. The summed E-state index contributed by atoms with van der Waals surface area (Å²) in [4.78, 5) is 24.7. The third-order valence-electron chi connectivity index (χ3n) is 2.21. The van der Waals surface area contributed by atoms with Crippen molar-refractivity contribution in [2.24, 2.45) is 0 Å². The van der Waals surface area contributed by atoms with Gasteiger partial charge in [-0.05, 0) is 22.0 Å². The number of carboxylic acids is 1. The molecule has 0 fully saturated rings. The predicted molar refractivity (Wildman–Crippen MR) is 75.3 cm³/mol. The Hall–Kier alpha value is -1.12. The molecule has 0 saturated heterocycles. The molecule has 6 nitrogen and oxygen atoms in total. The van der Waals surface area contributed by atoms with E-state index < -0.39 is 12.0 Å². The number of carbonyl (C=O) groups is 2. The van der Waals surface area contributed by atoms with Gasteiger partial charge in [-0.1, -0.05) is 0 Å². The number of carboxylic acid groups (broad SMARTS) is 1. The lowest BCUT2D eigenvalue weighted by atomic mass is 10.4. The quantitative estimate of drug-likeness (QED) is 0.785. The molecule has 106 valence electrons. The molecule has 1 rings (SSSR count). The zero-order valence-corrected chi connectivity index (χ0v) is 12.8. The summed E-state index contributed by atoms with van der Waals surface area (Å²) in [6, 6.07) is 1.49. The first-order valence-corrected chi connectivity index (χ1v) is 7.16. The van der Waals surface area contributed by atoms with E-state index in [1.165, 1.54) is 23.3 Å². The Morgan fingerprint density at radius 2 is 2.32 bits per heavy atom. The minimum absolute atomic E-state index is 0.239. The van der Waals surface area contributed by atoms with Crippen LogP contribution in [0.4, 0.5) is 4.79 Å². The van der Waals surface area contributed by atoms with Gasteiger partial charge in [0.1, 0.15) is 6.54 Å². The second-order valence-corrected chi connectivity index (χ2v) is 5.61. The number of thiophene rings is 1. The number of halogens is 1. The van der Waals surface area contributed by atoms with Gasteiger partial charge in [0.25, 0.3) is 0 Å². The minimum atomic E-state index is -1.05. The third kappa shape index (κ3) is 6.04. The van der Waals surface area contributed by atoms with Crippen molar-refractivity contribution >= 4 is 39.3 Å². The minimum Gasteiger partial charge on any atom is -0.480 e. The molecule has 0 aliphatic heterocycles. The topological polar surface area (TPSA) is 78.9 Å². The van der Waals surface area contributed by atoms with Gasteiger partial charge in [0.05, 0.1) is 13.2 Å². The molecule has 1 heterocycles. The average molecular weight is 351 g/mol. The monoisotopic (exact) mass is 350 g/mol. The van der Waals surface area contributed by atoms with Gasteiger partial charge in [0.2, 0.25) is 0 Å². The number of carbonyl (C=O) groups excluding carboxylic acids is 1. The maximum Gasteiger partial charge on any atom is 0.323 e. The highest BCUT2D eigenvalue weighted by Crippen LogP contribution is 2.19. The Kier molecular flexibility index (Phi) is 6.82. The molecule has 1 aromatic heterocycles. The lowest BCUT2D eigenvalue weighted by molar-refractivity contribution is -0.137. The molecular weight excluding hydrogens is 336 g/mol. The van der Waals surface area contributed by atoms with Crippen LogP contribution in [0.15, 0.2) is 15.9 Å². The molecule has 0 aromatic carbocycles. The first-order chi connectivity index (χ1) is 9.02. The fourth-order valence-electron chi connectivity index (χ4n) is 1.34. The molecule has 2 N–H and O–H groups in total. The summed E-state index contributed by atoms with van der Waals surface area (Å²) >= 11 is 4.84. The summed E-state index contributed by atoms with van der Waals surface area (Å²) in [6.45, 7) is 0.565. The summed E-state index contributed by atoms with van der Waals surface area (Å²) in [5.74, 6) is -1.05. The van der Waals surface area contributed by atoms with E-state index in [0.717, 1.165) is 9.35 Å². The lowest BCUT2D eigenvalue weighted by Gasteiger charge is -2.20. The van der Waals surface area contributed by atoms with Crippen LogP contribution in [0.25, 0.3) is 0 Å². The van der Waals surface area contributed by atoms with Gasteiger partial charge in [-0.25, -0.2) is 4.79 Å². The zero-order chi connectivity index (χ0) is 14.3. The number of hydrogen-bond acceptors (Lipinski definition) is 4. The first-order valence-electron chi connectivity index (χ1n) is 5.49. The molecule has 0 unspecified atom stereocenters. The summed E-state index contributed by atoms with van der Waals surface area (Å²) < 4.78 is 5.81. The molecule has 0 aliphatic carbocycles. The molecule has 19 heavy (non-hydrogen) atoms. The van der Waals surface area contributed by atoms with Crippen molar-refractivity contribution in [1.82, 2.24) is 10.2 Å². The van der Waals surface area contributed by atoms with Crippen molar-refractivity contribution in [2.45, 2.75) is 6.54 Å². The molecule has 0 radical (unpaired) electrons. The SMILES string of the molecule is COCCN(CC(=O)O)C(=O)NCc1cc(Br)cs1. The van der Waals surface area contributed by atoms with Crippen LogP contribution >= 0.6 is 27.3 Å². The van der Waals surface area contributed by atoms with Gasteiger partial charge >= 0.3 is 12.0 Å². The number of methoxy groups -OCH3 is 1. The van der Waals surface area contributed by atoms with E-state index in [0.29, 0.717) is 13.2 Å². The fraction of sp³-hybridized carbons (Fsp3) is 0.455. The van der Waals surface area contributed by atoms with Crippen molar-refractivity contribution in [3.63, 3.8) is 0 Å². The molecule has 0 aliphatic rings. The second kappa shape index (κ2) is 8.13. The van der Waals surface area contributed by atoms with Crippen LogP contribution in [-0.4, -0.2) is 48.8 Å². The highest BCUT2D eigenvalue weighted by molar-refractivity contribution is 9.10. The number of nitrogens with one attached hydrogen (secondary N) is 1. The maximum absolute atomic E-state index is 11.9. The summed E-state index contributed by atoms with van der Waals surface area (Å²) in [5, 5.41) is 13.4. The number of ether oxygens (including phenoxy) is 1. The van der Waals surface area contributed by atoms with E-state index in [2.05, 4.69) is 21.2 Å². The Balaban J connectivity index is 2.48. The maximum atomic E-state index is 11.9. The summed E-state index contributed by atoms with van der Waals surface area (Å²) in [5.41, 5.74) is 0. The molecule has 0 atom stereocenters. The number of urea groups is 1. The van der Waals surface area contributed by atoms with Crippen LogP contribution in [0, 0.1) is 0 Å². The van der Waals surface area contributed by atoms with Gasteiger partial charge in [-0.3, -0.25) is 4.79 Å². The van der Waals surface area contributed by atoms with Crippen LogP contribution in [0.5, 0.6) is 0 Å². The van der Waals surface area contributed by atoms with Gasteiger partial charge in [-0.15, -0.1) is 11.3 Å². The van der Waals surface area contributed by atoms with E-state index in [1.807, 2.05) is 11.4 Å². The molecule has 0 saturated carbocycles. The largest absolute Gasteiger partial charge is 0.480 e. The van der Waals surface area contributed by atoms with Crippen molar-refractivity contribution in [2.75, 3.05) is 26.8 Å². The lowest BCUT2D eigenvalue weighted by Crippen LogP contribution is -2.43. The Morgan fingerprint density at radius 1 is 1.58 bits per heavy atom. The smallest absolute Gasteiger partial charge is 0.323 e. The van der Waals surface area contributed by atoms with Gasteiger partial charge in [0, 0.05) is 28.4 Å². The van der Waals surface area contributed by atoms with Crippen molar-refractivity contribution in [3.05, 3.63) is 20.8 Å². The zero-order valence-electron chi connectivity index (χ0n) is 10.4. The van der Waals surface area contributed by atoms with E-state index in [4.69, 9.17) is 9.84 Å². The standard InChI is InChI=1S/C11H15BrN2O4S/c1-18-3-2-14(6-10(15)16)11(17)13-5-9-4-8(12)7-19-9/h4,7H,2-3,5-6H2,1H3,(H,13,17)(H,15,16). The highest BCUT2D eigenvalue weighted by Gasteiger charge is 2.16. The molecular formula is C11H15BrN2O4S. The van der Waals surface area contributed by atoms with Crippen molar-refractivity contribution in [3.8, 4) is 0 Å². The van der Waals surface area contributed by atoms with Crippen molar-refractivity contribution in [1.29, 1.82) is 0 Å². The summed E-state index contributed by atoms with van der Waals surface area (Å²) in [6.07, 6.45) is 0. The number of rotatable bonds is 7. The Morgan fingerprint density at radius 3 is 2.84 bits per heavy atom. The number of hydrogen-bond donors (Lipinski definition) is 2. The molecule has 0 spiro atoms. The second-order valence-electron chi connectivity index (χ2n) is 3.70. The van der Waals surface area contributed by atoms with Gasteiger partial charge in [-0.2, -0.15) is 0 Å². The Bertz CT molecular complexity index is 438. The van der Waals surface area contributed by atoms with E-state index >= 15 is 0 Å². The fourth-order valence-corrected chi connectivity index (χ4v) is 2.73. The van der Waals surface area contributed by atoms with Gasteiger partial charge < -0.3 is 20.1 Å². The predicted octanol–water partition coefficient (Wildman–Crippen LogP) is 1.75. The van der Waals surface area contributed by atoms with E-state index in [1.54, 1.807) is 0 Å². The summed E-state index contributed by atoms with van der Waals surface area (Å²) in [7, 11) is 1.50. The van der Waals surface area contributed by atoms with Crippen LogP contribution in [0.3, 0.4) is 0 Å². The van der Waals surface area contributed by atoms with Crippen LogP contribution in [0.2, 0.25) is 0 Å². The van der Waals surface area contributed by atoms with Gasteiger partial charge in [0.15, 0.2) is 0 Å². The number of nitrogens with zero attached hydrogens (tertiary/aromatic N) is 1. The van der Waals surface area contributed by atoms with E-state index in [9.17, 15) is 9.59 Å². The van der Waals surface area contributed by atoms with Crippen molar-refractivity contribution < 1.29 is 19.4 Å². The van der Waals surface area contributed by atoms with Crippen LogP contribution < -0.4 is 5.32 Å². The van der Waals surface area contributed by atoms with Crippen LogP contribution in [-0.2, 0) is 16.1 Å². The highest BCUT2D eigenvalue weighted by atomic mass is 79.9. The first kappa shape index (κ1) is 15.9. The van der Waals surface area contributed by atoms with E-state index in [-0.39, 0.29) is 13.1 Å². The van der Waals surface area contributed by atoms with Crippen LogP contribution in [0.1, 0.15) is 4.88 Å². The number of amides is 2. The Labute approximate surface area is 123 Å². The normalized spacial score (nSPS) is 10.2. The molecule has 0 bridgehead atoms. The molecule has 2 amide bonds. The average Bonchev–Trinajstić information content (AvgIpc) is 2.77. The number of aliphatic carboxylic acids is 1. The third-order valence-corrected chi connectivity index (χ3v) is 3.91. The molecule has 1 aromatic rings.